The van der Waals surface area contributed by atoms with E-state index in [1.165, 1.54) is 0 Å². The minimum atomic E-state index is -0.708. The molecule has 14 heavy (non-hydrogen) atoms. The predicted molar refractivity (Wildman–Crippen MR) is 47.5 cm³/mol. The van der Waals surface area contributed by atoms with Gasteiger partial charge in [-0.2, -0.15) is 4.98 Å². The third-order valence-corrected chi connectivity index (χ3v) is 2.28. The van der Waals surface area contributed by atoms with Crippen LogP contribution in [0.4, 0.5) is 0 Å². The van der Waals surface area contributed by atoms with Gasteiger partial charge in [0.25, 0.3) is 5.89 Å². The van der Waals surface area contributed by atoms with E-state index in [1.807, 2.05) is 0 Å². The van der Waals surface area contributed by atoms with Gasteiger partial charge in [-0.05, 0) is 26.2 Å². The monoisotopic (exact) mass is 198 g/mol. The fourth-order valence-corrected chi connectivity index (χ4v) is 1.49. The topological polar surface area (TPSA) is 68.4 Å². The summed E-state index contributed by atoms with van der Waals surface area (Å²) < 4.78 is 10.4. The van der Waals surface area contributed by atoms with Gasteiger partial charge in [-0.1, -0.05) is 5.16 Å². The Balaban J connectivity index is 2.07. The molecule has 1 N–H and O–H groups in total. The first-order chi connectivity index (χ1) is 6.77. The van der Waals surface area contributed by atoms with Crippen LogP contribution in [0.3, 0.4) is 0 Å². The Morgan fingerprint density at radius 1 is 1.50 bits per heavy atom. The number of ether oxygens (including phenoxy) is 1. The van der Waals surface area contributed by atoms with Crippen molar-refractivity contribution in [2.75, 3.05) is 6.61 Å². The number of aliphatic hydroxyl groups is 1. The molecule has 2 unspecified atom stereocenters. The van der Waals surface area contributed by atoms with E-state index in [2.05, 4.69) is 10.1 Å². The first-order valence-corrected chi connectivity index (χ1v) is 4.90. The molecule has 1 fully saturated rings. The van der Waals surface area contributed by atoms with Crippen molar-refractivity contribution in [1.82, 2.24) is 10.1 Å². The van der Waals surface area contributed by atoms with Gasteiger partial charge in [0.15, 0.2) is 0 Å². The summed E-state index contributed by atoms with van der Waals surface area (Å²) in [6.07, 6.45) is 2.39. The fraction of sp³-hybridized carbons (Fsp3) is 0.778. The summed E-state index contributed by atoms with van der Waals surface area (Å²) in [6, 6.07) is 0. The quantitative estimate of drug-likeness (QED) is 0.777. The fourth-order valence-electron chi connectivity index (χ4n) is 1.49. The Kier molecular flexibility index (Phi) is 2.79. The molecule has 0 bridgehead atoms. The normalized spacial score (nSPS) is 24.9. The first-order valence-electron chi connectivity index (χ1n) is 4.90. The molecular formula is C9H14N2O3. The molecular weight excluding hydrogens is 184 g/mol. The van der Waals surface area contributed by atoms with Gasteiger partial charge in [-0.15, -0.1) is 0 Å². The Labute approximate surface area is 82.1 Å². The van der Waals surface area contributed by atoms with Crippen molar-refractivity contribution in [3.05, 3.63) is 11.7 Å². The van der Waals surface area contributed by atoms with Gasteiger partial charge in [-0.25, -0.2) is 0 Å². The van der Waals surface area contributed by atoms with Gasteiger partial charge >= 0.3 is 0 Å². The van der Waals surface area contributed by atoms with Crippen LogP contribution in [0.1, 0.15) is 50.1 Å². The molecule has 1 aromatic rings. The molecule has 5 heteroatoms. The highest BCUT2D eigenvalue weighted by Gasteiger charge is 2.22. The predicted octanol–water partition coefficient (Wildman–Crippen LogP) is 1.36. The van der Waals surface area contributed by atoms with Crippen molar-refractivity contribution in [1.29, 1.82) is 0 Å². The molecule has 2 heterocycles. The Morgan fingerprint density at radius 2 is 2.36 bits per heavy atom. The van der Waals surface area contributed by atoms with Crippen molar-refractivity contribution in [3.8, 4) is 0 Å². The van der Waals surface area contributed by atoms with Gasteiger partial charge in [0.1, 0.15) is 12.2 Å². The van der Waals surface area contributed by atoms with E-state index in [0.29, 0.717) is 5.82 Å². The highest BCUT2D eigenvalue weighted by Crippen LogP contribution is 2.26. The van der Waals surface area contributed by atoms with Gasteiger partial charge in [0.05, 0.1) is 0 Å². The number of hydrogen-bond donors (Lipinski definition) is 1. The third-order valence-electron chi connectivity index (χ3n) is 2.28. The summed E-state index contributed by atoms with van der Waals surface area (Å²) in [5.41, 5.74) is 0. The lowest BCUT2D eigenvalue weighted by Gasteiger charge is -2.18. The first kappa shape index (κ1) is 9.61. The van der Waals surface area contributed by atoms with E-state index in [0.717, 1.165) is 25.9 Å². The van der Waals surface area contributed by atoms with Crippen molar-refractivity contribution in [2.24, 2.45) is 0 Å². The third kappa shape index (κ3) is 1.93. The molecule has 1 aromatic heterocycles. The van der Waals surface area contributed by atoms with Crippen LogP contribution in [0.15, 0.2) is 4.52 Å². The van der Waals surface area contributed by atoms with Crippen LogP contribution < -0.4 is 0 Å². The summed E-state index contributed by atoms with van der Waals surface area (Å²) >= 11 is 0. The molecule has 1 saturated heterocycles. The van der Waals surface area contributed by atoms with Crippen LogP contribution in [0.25, 0.3) is 0 Å². The zero-order chi connectivity index (χ0) is 9.97. The molecule has 0 aromatic carbocycles. The molecule has 2 rings (SSSR count). The van der Waals surface area contributed by atoms with Crippen LogP contribution in [-0.4, -0.2) is 21.9 Å². The van der Waals surface area contributed by atoms with E-state index in [9.17, 15) is 5.11 Å². The van der Waals surface area contributed by atoms with Gasteiger partial charge in [0, 0.05) is 6.61 Å². The molecule has 0 aliphatic carbocycles. The lowest BCUT2D eigenvalue weighted by molar-refractivity contribution is 0.00821. The lowest BCUT2D eigenvalue weighted by Crippen LogP contribution is -2.12. The Hall–Kier alpha value is -0.940. The number of aliphatic hydroxyl groups excluding tert-OH is 1. The molecule has 1 aliphatic heterocycles. The maximum atomic E-state index is 9.20. The summed E-state index contributed by atoms with van der Waals surface area (Å²) in [5.74, 6) is 0.815. The summed E-state index contributed by atoms with van der Waals surface area (Å²) in [6.45, 7) is 2.35. The molecule has 0 amide bonds. The zero-order valence-electron chi connectivity index (χ0n) is 8.14. The molecule has 0 spiro atoms. The van der Waals surface area contributed by atoms with Crippen molar-refractivity contribution in [2.45, 2.75) is 38.4 Å². The smallest absolute Gasteiger partial charge is 0.255 e. The van der Waals surface area contributed by atoms with Gasteiger partial charge in [-0.3, -0.25) is 0 Å². The zero-order valence-corrected chi connectivity index (χ0v) is 8.14. The Bertz CT molecular complexity index is 292. The second-order valence-electron chi connectivity index (χ2n) is 3.52. The van der Waals surface area contributed by atoms with Crippen LogP contribution in [0.5, 0.6) is 0 Å². The van der Waals surface area contributed by atoms with Gasteiger partial charge < -0.3 is 14.4 Å². The minimum absolute atomic E-state index is 0.0556. The Morgan fingerprint density at radius 3 is 2.93 bits per heavy atom. The lowest BCUT2D eigenvalue weighted by atomic mass is 10.1. The second-order valence-corrected chi connectivity index (χ2v) is 3.52. The van der Waals surface area contributed by atoms with Crippen molar-refractivity contribution >= 4 is 0 Å². The molecule has 5 nitrogen and oxygen atoms in total. The van der Waals surface area contributed by atoms with Crippen LogP contribution in [0.2, 0.25) is 0 Å². The summed E-state index contributed by atoms with van der Waals surface area (Å²) in [5, 5.41) is 13.0. The highest BCUT2D eigenvalue weighted by molar-refractivity contribution is 4.93. The standard InChI is InChI=1S/C9H14N2O3/c1-6(12)9-10-8(11-14-9)7-4-2-3-5-13-7/h6-7,12H,2-5H2,1H3. The highest BCUT2D eigenvalue weighted by atomic mass is 16.5. The molecule has 1 aliphatic rings. The van der Waals surface area contributed by atoms with Crippen LogP contribution >= 0.6 is 0 Å². The van der Waals surface area contributed by atoms with E-state index in [4.69, 9.17) is 9.26 Å². The SMILES string of the molecule is CC(O)c1nc(C2CCCCO2)no1. The largest absolute Gasteiger partial charge is 0.384 e. The molecule has 0 saturated carbocycles. The van der Waals surface area contributed by atoms with Crippen molar-refractivity contribution in [3.63, 3.8) is 0 Å². The summed E-state index contributed by atoms with van der Waals surface area (Å²) in [7, 11) is 0. The van der Waals surface area contributed by atoms with E-state index in [1.54, 1.807) is 6.92 Å². The second kappa shape index (κ2) is 4.06. The number of hydrogen-bond acceptors (Lipinski definition) is 5. The van der Waals surface area contributed by atoms with E-state index in [-0.39, 0.29) is 12.0 Å². The molecule has 0 radical (unpaired) electrons. The minimum Gasteiger partial charge on any atom is -0.384 e. The average Bonchev–Trinajstić information content (AvgIpc) is 2.68. The maximum absolute atomic E-state index is 9.20. The summed E-state index contributed by atoms with van der Waals surface area (Å²) in [4.78, 5) is 4.08. The molecule has 2 atom stereocenters. The maximum Gasteiger partial charge on any atom is 0.255 e. The van der Waals surface area contributed by atoms with Crippen molar-refractivity contribution < 1.29 is 14.4 Å². The number of aromatic nitrogens is 2. The van der Waals surface area contributed by atoms with Crippen LogP contribution in [0, 0.1) is 0 Å². The number of rotatable bonds is 2. The molecule has 78 valence electrons. The number of nitrogens with zero attached hydrogens (tertiary/aromatic N) is 2. The van der Waals surface area contributed by atoms with E-state index >= 15 is 0 Å². The van der Waals surface area contributed by atoms with Crippen LogP contribution in [-0.2, 0) is 4.74 Å². The average molecular weight is 198 g/mol. The van der Waals surface area contributed by atoms with Gasteiger partial charge in [0.2, 0.25) is 5.82 Å². The van der Waals surface area contributed by atoms with E-state index < -0.39 is 6.10 Å².